The fourth-order valence-corrected chi connectivity index (χ4v) is 3.73. The minimum atomic E-state index is -0.543. The SMILES string of the molecule is COc1cc(F)c2c(c1)c(CCNC=O)c(C(C)C)n2C(=O)c1ccc(Cl)cc1. The number of ether oxygens (including phenoxy) is 1. The van der Waals surface area contributed by atoms with Gasteiger partial charge in [0.25, 0.3) is 5.91 Å². The van der Waals surface area contributed by atoms with Crippen molar-refractivity contribution in [1.82, 2.24) is 9.88 Å². The van der Waals surface area contributed by atoms with E-state index < -0.39 is 5.82 Å². The van der Waals surface area contributed by atoms with Gasteiger partial charge in [-0.2, -0.15) is 0 Å². The molecule has 1 amide bonds. The Kier molecular flexibility index (Phi) is 6.23. The van der Waals surface area contributed by atoms with Crippen LogP contribution in [0.5, 0.6) is 5.75 Å². The number of rotatable bonds is 7. The lowest BCUT2D eigenvalue weighted by Crippen LogP contribution is -2.18. The van der Waals surface area contributed by atoms with Crippen molar-refractivity contribution in [3.05, 3.63) is 64.1 Å². The van der Waals surface area contributed by atoms with Crippen molar-refractivity contribution in [2.75, 3.05) is 13.7 Å². The lowest BCUT2D eigenvalue weighted by atomic mass is 10.0. The van der Waals surface area contributed by atoms with Crippen LogP contribution in [0, 0.1) is 5.82 Å². The summed E-state index contributed by atoms with van der Waals surface area (Å²) in [4.78, 5) is 24.1. The van der Waals surface area contributed by atoms with Crippen molar-refractivity contribution in [3.8, 4) is 5.75 Å². The van der Waals surface area contributed by atoms with Gasteiger partial charge in [0, 0.05) is 34.3 Å². The molecule has 2 aromatic carbocycles. The third kappa shape index (κ3) is 3.98. The highest BCUT2D eigenvalue weighted by Gasteiger charge is 2.26. The zero-order valence-corrected chi connectivity index (χ0v) is 17.2. The number of hydrogen-bond acceptors (Lipinski definition) is 3. The number of carbonyl (C=O) groups is 2. The maximum absolute atomic E-state index is 15.1. The number of fused-ring (bicyclic) bond motifs is 1. The van der Waals surface area contributed by atoms with E-state index in [0.717, 1.165) is 5.56 Å². The predicted octanol–water partition coefficient (Wildman–Crippen LogP) is 4.54. The average Bonchev–Trinajstić information content (AvgIpc) is 3.03. The molecule has 0 aliphatic heterocycles. The number of halogens is 2. The Hall–Kier alpha value is -2.86. The van der Waals surface area contributed by atoms with Crippen LogP contribution in [0.3, 0.4) is 0 Å². The monoisotopic (exact) mass is 416 g/mol. The molecule has 1 aromatic heterocycles. The van der Waals surface area contributed by atoms with Gasteiger partial charge >= 0.3 is 0 Å². The predicted molar refractivity (Wildman–Crippen MR) is 111 cm³/mol. The molecule has 0 saturated carbocycles. The Bertz CT molecular complexity index is 1060. The van der Waals surface area contributed by atoms with Gasteiger partial charge in [0.05, 0.1) is 12.6 Å². The van der Waals surface area contributed by atoms with Crippen LogP contribution < -0.4 is 10.1 Å². The van der Waals surface area contributed by atoms with Gasteiger partial charge in [0.2, 0.25) is 6.41 Å². The molecule has 3 aromatic rings. The molecule has 1 heterocycles. The lowest BCUT2D eigenvalue weighted by molar-refractivity contribution is -0.109. The molecular weight excluding hydrogens is 395 g/mol. The normalized spacial score (nSPS) is 11.1. The maximum atomic E-state index is 15.1. The van der Waals surface area contributed by atoms with E-state index in [4.69, 9.17) is 16.3 Å². The standard InChI is InChI=1S/C22H22ClFN2O3/c1-13(2)20-17(8-9-25-12-27)18-10-16(29-3)11-19(24)21(18)26(20)22(28)14-4-6-15(23)7-5-14/h4-7,10-13H,8-9H2,1-3H3,(H,25,27). The van der Waals surface area contributed by atoms with Gasteiger partial charge in [-0.3, -0.25) is 14.2 Å². The smallest absolute Gasteiger partial charge is 0.262 e. The minimum Gasteiger partial charge on any atom is -0.497 e. The van der Waals surface area contributed by atoms with Crippen LogP contribution in [0.2, 0.25) is 5.02 Å². The molecule has 0 aliphatic carbocycles. The Morgan fingerprint density at radius 3 is 2.55 bits per heavy atom. The van der Waals surface area contributed by atoms with Crippen molar-refractivity contribution in [2.24, 2.45) is 0 Å². The first-order valence-corrected chi connectivity index (χ1v) is 9.64. The highest BCUT2D eigenvalue weighted by Crippen LogP contribution is 2.36. The molecule has 1 N–H and O–H groups in total. The summed E-state index contributed by atoms with van der Waals surface area (Å²) in [5.41, 5.74) is 2.13. The van der Waals surface area contributed by atoms with Gasteiger partial charge in [0.15, 0.2) is 5.82 Å². The van der Waals surface area contributed by atoms with Crippen LogP contribution in [0.4, 0.5) is 4.39 Å². The summed E-state index contributed by atoms with van der Waals surface area (Å²) >= 11 is 5.95. The van der Waals surface area contributed by atoms with Gasteiger partial charge in [-0.15, -0.1) is 0 Å². The van der Waals surface area contributed by atoms with Crippen molar-refractivity contribution >= 4 is 34.8 Å². The fourth-order valence-electron chi connectivity index (χ4n) is 3.60. The highest BCUT2D eigenvalue weighted by atomic mass is 35.5. The number of methoxy groups -OCH3 is 1. The molecule has 0 fully saturated rings. The van der Waals surface area contributed by atoms with Crippen molar-refractivity contribution in [2.45, 2.75) is 26.2 Å². The number of amides is 1. The lowest BCUT2D eigenvalue weighted by Gasteiger charge is -2.14. The van der Waals surface area contributed by atoms with E-state index >= 15 is 4.39 Å². The molecule has 0 unspecified atom stereocenters. The first-order valence-electron chi connectivity index (χ1n) is 9.27. The molecule has 3 rings (SSSR count). The van der Waals surface area contributed by atoms with E-state index in [-0.39, 0.29) is 17.3 Å². The Morgan fingerprint density at radius 1 is 1.28 bits per heavy atom. The Morgan fingerprint density at radius 2 is 1.97 bits per heavy atom. The maximum Gasteiger partial charge on any atom is 0.262 e. The summed E-state index contributed by atoms with van der Waals surface area (Å²) in [7, 11) is 1.47. The summed E-state index contributed by atoms with van der Waals surface area (Å²) < 4.78 is 21.8. The van der Waals surface area contributed by atoms with E-state index in [9.17, 15) is 9.59 Å². The van der Waals surface area contributed by atoms with E-state index in [1.807, 2.05) is 13.8 Å². The molecule has 5 nitrogen and oxygen atoms in total. The van der Waals surface area contributed by atoms with Crippen LogP contribution in [-0.4, -0.2) is 30.5 Å². The first-order chi connectivity index (χ1) is 13.9. The van der Waals surface area contributed by atoms with E-state index in [1.54, 1.807) is 30.3 Å². The molecular formula is C22H22ClFN2O3. The van der Waals surface area contributed by atoms with Crippen LogP contribution in [0.1, 0.15) is 41.4 Å². The third-order valence-corrected chi connectivity index (χ3v) is 5.07. The highest BCUT2D eigenvalue weighted by molar-refractivity contribution is 6.30. The molecule has 29 heavy (non-hydrogen) atoms. The van der Waals surface area contributed by atoms with Crippen molar-refractivity contribution < 1.29 is 18.7 Å². The summed E-state index contributed by atoms with van der Waals surface area (Å²) in [6, 6.07) is 9.50. The molecule has 0 aliphatic rings. The van der Waals surface area contributed by atoms with Crippen LogP contribution in [0.15, 0.2) is 36.4 Å². The molecule has 0 atom stereocenters. The van der Waals surface area contributed by atoms with E-state index in [2.05, 4.69) is 5.32 Å². The Labute approximate surface area is 173 Å². The quantitative estimate of drug-likeness (QED) is 0.454. The minimum absolute atomic E-state index is 0.0599. The molecule has 152 valence electrons. The van der Waals surface area contributed by atoms with Gasteiger partial charge in [-0.05, 0) is 48.2 Å². The summed E-state index contributed by atoms with van der Waals surface area (Å²) in [6.45, 7) is 4.27. The third-order valence-electron chi connectivity index (χ3n) is 4.82. The van der Waals surface area contributed by atoms with Gasteiger partial charge in [-0.1, -0.05) is 25.4 Å². The molecule has 0 bridgehead atoms. The molecule has 0 spiro atoms. The van der Waals surface area contributed by atoms with E-state index in [1.165, 1.54) is 17.7 Å². The largest absolute Gasteiger partial charge is 0.497 e. The van der Waals surface area contributed by atoms with Crippen molar-refractivity contribution in [3.63, 3.8) is 0 Å². The fraction of sp³-hybridized carbons (Fsp3) is 0.273. The second-order valence-corrected chi connectivity index (χ2v) is 7.43. The number of carbonyl (C=O) groups excluding carboxylic acids is 2. The summed E-state index contributed by atoms with van der Waals surface area (Å²) in [5.74, 6) is -0.575. The molecule has 7 heteroatoms. The number of aromatic nitrogens is 1. The zero-order chi connectivity index (χ0) is 21.1. The van der Waals surface area contributed by atoms with Crippen molar-refractivity contribution in [1.29, 1.82) is 0 Å². The number of hydrogen-bond donors (Lipinski definition) is 1. The first kappa shape index (κ1) is 20.9. The van der Waals surface area contributed by atoms with Crippen LogP contribution in [0.25, 0.3) is 10.9 Å². The van der Waals surface area contributed by atoms with Crippen LogP contribution in [-0.2, 0) is 11.2 Å². The summed E-state index contributed by atoms with van der Waals surface area (Å²) in [6.07, 6.45) is 1.07. The summed E-state index contributed by atoms with van der Waals surface area (Å²) in [5, 5.41) is 3.74. The number of benzene rings is 2. The molecule has 0 radical (unpaired) electrons. The van der Waals surface area contributed by atoms with E-state index in [0.29, 0.717) is 46.8 Å². The topological polar surface area (TPSA) is 60.3 Å². The number of nitrogens with one attached hydrogen (secondary N) is 1. The second-order valence-electron chi connectivity index (χ2n) is 6.99. The number of nitrogens with zero attached hydrogens (tertiary/aromatic N) is 1. The zero-order valence-electron chi connectivity index (χ0n) is 16.5. The van der Waals surface area contributed by atoms with Crippen LogP contribution >= 0.6 is 11.6 Å². The molecule has 0 saturated heterocycles. The Balaban J connectivity index is 2.31. The average molecular weight is 417 g/mol. The second kappa shape index (κ2) is 8.66. The van der Waals surface area contributed by atoms with Gasteiger partial charge in [0.1, 0.15) is 5.75 Å². The van der Waals surface area contributed by atoms with Gasteiger partial charge < -0.3 is 10.1 Å². The van der Waals surface area contributed by atoms with Gasteiger partial charge in [-0.25, -0.2) is 4.39 Å².